The summed E-state index contributed by atoms with van der Waals surface area (Å²) < 4.78 is 10.2. The first kappa shape index (κ1) is 12.4. The van der Waals surface area contributed by atoms with Gasteiger partial charge in [0.1, 0.15) is 13.2 Å². The summed E-state index contributed by atoms with van der Waals surface area (Å²) in [5.41, 5.74) is -0.0414. The number of ether oxygens (including phenoxy) is 2. The van der Waals surface area contributed by atoms with Gasteiger partial charge in [-0.05, 0) is 19.4 Å². The second-order valence-electron chi connectivity index (χ2n) is 4.55. The predicted molar refractivity (Wildman–Crippen MR) is 63.5 cm³/mol. The summed E-state index contributed by atoms with van der Waals surface area (Å²) in [6.07, 6.45) is -0.547. The molecule has 1 aliphatic heterocycles. The van der Waals surface area contributed by atoms with E-state index < -0.39 is 17.8 Å². The number of hydrogen-bond acceptors (Lipinski definition) is 4. The molecule has 0 aliphatic carbocycles. The van der Waals surface area contributed by atoms with Gasteiger partial charge in [0.25, 0.3) is 0 Å². The molecular weight excluding hydrogens is 234 g/mol. The second kappa shape index (κ2) is 4.68. The van der Waals surface area contributed by atoms with Crippen molar-refractivity contribution in [1.82, 2.24) is 4.90 Å². The fraction of sp³-hybridized carbons (Fsp3) is 0.385. The SMILES string of the molecule is CC1(C)OC(=O)CN1C(=O)OCc1ccccc1. The topological polar surface area (TPSA) is 55.8 Å². The third-order valence-electron chi connectivity index (χ3n) is 2.73. The van der Waals surface area contributed by atoms with Gasteiger partial charge in [-0.15, -0.1) is 0 Å². The monoisotopic (exact) mass is 249 g/mol. The van der Waals surface area contributed by atoms with Crippen molar-refractivity contribution in [1.29, 1.82) is 0 Å². The van der Waals surface area contributed by atoms with Crippen LogP contribution in [0.2, 0.25) is 0 Å². The van der Waals surface area contributed by atoms with Crippen LogP contribution in [0.25, 0.3) is 0 Å². The van der Waals surface area contributed by atoms with Crippen molar-refractivity contribution in [3.63, 3.8) is 0 Å². The van der Waals surface area contributed by atoms with Crippen molar-refractivity contribution in [3.05, 3.63) is 35.9 Å². The molecule has 0 spiro atoms. The molecule has 18 heavy (non-hydrogen) atoms. The Morgan fingerprint density at radius 1 is 1.39 bits per heavy atom. The smallest absolute Gasteiger partial charge is 0.413 e. The zero-order valence-corrected chi connectivity index (χ0v) is 10.4. The molecule has 2 rings (SSSR count). The van der Waals surface area contributed by atoms with Gasteiger partial charge in [-0.3, -0.25) is 9.69 Å². The lowest BCUT2D eigenvalue weighted by Gasteiger charge is -2.27. The summed E-state index contributed by atoms with van der Waals surface area (Å²) >= 11 is 0. The fourth-order valence-electron chi connectivity index (χ4n) is 1.77. The first-order valence-electron chi connectivity index (χ1n) is 5.69. The highest BCUT2D eigenvalue weighted by atomic mass is 16.6. The van der Waals surface area contributed by atoms with Crippen LogP contribution in [0.3, 0.4) is 0 Å². The first-order valence-corrected chi connectivity index (χ1v) is 5.69. The van der Waals surface area contributed by atoms with Gasteiger partial charge in [0.15, 0.2) is 5.72 Å². The average Bonchev–Trinajstić information content (AvgIpc) is 2.61. The normalized spacial score (nSPS) is 17.4. The van der Waals surface area contributed by atoms with Crippen LogP contribution in [-0.4, -0.2) is 29.2 Å². The van der Waals surface area contributed by atoms with Gasteiger partial charge in [0.2, 0.25) is 0 Å². The quantitative estimate of drug-likeness (QED) is 0.751. The Hall–Kier alpha value is -2.04. The lowest BCUT2D eigenvalue weighted by Crippen LogP contribution is -2.43. The standard InChI is InChI=1S/C13H15NO4/c1-13(2)14(8-11(15)18-13)12(16)17-9-10-6-4-3-5-7-10/h3-7H,8-9H2,1-2H3. The average molecular weight is 249 g/mol. The van der Waals surface area contributed by atoms with E-state index in [1.807, 2.05) is 30.3 Å². The van der Waals surface area contributed by atoms with Crippen molar-refractivity contribution < 1.29 is 19.1 Å². The van der Waals surface area contributed by atoms with Gasteiger partial charge in [-0.25, -0.2) is 4.79 Å². The molecule has 1 aliphatic rings. The van der Waals surface area contributed by atoms with Crippen molar-refractivity contribution in [2.24, 2.45) is 0 Å². The molecular formula is C13H15NO4. The molecule has 0 bridgehead atoms. The highest BCUT2D eigenvalue weighted by Gasteiger charge is 2.43. The molecule has 1 aromatic carbocycles. The van der Waals surface area contributed by atoms with Crippen molar-refractivity contribution in [2.45, 2.75) is 26.2 Å². The third kappa shape index (κ3) is 2.61. The van der Waals surface area contributed by atoms with Gasteiger partial charge >= 0.3 is 12.1 Å². The van der Waals surface area contributed by atoms with Crippen molar-refractivity contribution in [3.8, 4) is 0 Å². The van der Waals surface area contributed by atoms with E-state index in [1.165, 1.54) is 4.90 Å². The Balaban J connectivity index is 1.95. The number of carbonyl (C=O) groups excluding carboxylic acids is 2. The largest absolute Gasteiger partial charge is 0.444 e. The minimum Gasteiger partial charge on any atom is -0.444 e. The molecule has 1 heterocycles. The maximum absolute atomic E-state index is 11.9. The third-order valence-corrected chi connectivity index (χ3v) is 2.73. The Labute approximate surface area is 105 Å². The van der Waals surface area contributed by atoms with Crippen LogP contribution >= 0.6 is 0 Å². The van der Waals surface area contributed by atoms with Crippen LogP contribution in [-0.2, 0) is 20.9 Å². The number of nitrogens with zero attached hydrogens (tertiary/aromatic N) is 1. The van der Waals surface area contributed by atoms with E-state index in [2.05, 4.69) is 0 Å². The number of carbonyl (C=O) groups is 2. The van der Waals surface area contributed by atoms with E-state index in [9.17, 15) is 9.59 Å². The van der Waals surface area contributed by atoms with Crippen LogP contribution < -0.4 is 0 Å². The zero-order chi connectivity index (χ0) is 13.2. The van der Waals surface area contributed by atoms with Gasteiger partial charge in [0, 0.05) is 0 Å². The van der Waals surface area contributed by atoms with Crippen molar-refractivity contribution in [2.75, 3.05) is 6.54 Å². The molecule has 1 fully saturated rings. The number of benzene rings is 1. The van der Waals surface area contributed by atoms with Crippen LogP contribution in [0, 0.1) is 0 Å². The number of esters is 1. The molecule has 5 heteroatoms. The van der Waals surface area contributed by atoms with Gasteiger partial charge in [-0.2, -0.15) is 0 Å². The summed E-state index contributed by atoms with van der Waals surface area (Å²) in [5.74, 6) is -0.420. The Kier molecular flexibility index (Phi) is 3.23. The highest BCUT2D eigenvalue weighted by Crippen LogP contribution is 2.24. The molecule has 5 nitrogen and oxygen atoms in total. The minimum absolute atomic E-state index is 0.0688. The Bertz CT molecular complexity index is 455. The predicted octanol–water partition coefficient (Wildman–Crippen LogP) is 1.92. The summed E-state index contributed by atoms with van der Waals surface area (Å²) in [5, 5.41) is 0. The molecule has 0 radical (unpaired) electrons. The molecule has 0 N–H and O–H groups in total. The second-order valence-corrected chi connectivity index (χ2v) is 4.55. The fourth-order valence-corrected chi connectivity index (χ4v) is 1.77. The highest BCUT2D eigenvalue weighted by molar-refractivity contribution is 5.81. The van der Waals surface area contributed by atoms with Crippen LogP contribution in [0.5, 0.6) is 0 Å². The molecule has 96 valence electrons. The van der Waals surface area contributed by atoms with Crippen LogP contribution in [0.1, 0.15) is 19.4 Å². The van der Waals surface area contributed by atoms with Gasteiger partial charge in [0.05, 0.1) is 0 Å². The molecule has 1 saturated heterocycles. The number of cyclic esters (lactones) is 1. The van der Waals surface area contributed by atoms with E-state index >= 15 is 0 Å². The Morgan fingerprint density at radius 3 is 2.61 bits per heavy atom. The van der Waals surface area contributed by atoms with Gasteiger partial charge < -0.3 is 9.47 Å². The van der Waals surface area contributed by atoms with Crippen LogP contribution in [0.4, 0.5) is 4.79 Å². The molecule has 1 aromatic rings. The van der Waals surface area contributed by atoms with E-state index in [-0.39, 0.29) is 13.2 Å². The lowest BCUT2D eigenvalue weighted by atomic mass is 10.2. The van der Waals surface area contributed by atoms with E-state index in [1.54, 1.807) is 13.8 Å². The Morgan fingerprint density at radius 2 is 2.06 bits per heavy atom. The maximum Gasteiger partial charge on any atom is 0.413 e. The number of amides is 1. The van der Waals surface area contributed by atoms with Gasteiger partial charge in [-0.1, -0.05) is 30.3 Å². The van der Waals surface area contributed by atoms with E-state index in [0.717, 1.165) is 5.56 Å². The summed E-state index contributed by atoms with van der Waals surface area (Å²) in [6, 6.07) is 9.36. The minimum atomic E-state index is -0.940. The molecule has 0 saturated carbocycles. The van der Waals surface area contributed by atoms with Crippen molar-refractivity contribution >= 4 is 12.1 Å². The zero-order valence-electron chi connectivity index (χ0n) is 10.4. The van der Waals surface area contributed by atoms with E-state index in [4.69, 9.17) is 9.47 Å². The summed E-state index contributed by atoms with van der Waals surface area (Å²) in [6.45, 7) is 3.42. The maximum atomic E-state index is 11.9. The first-order chi connectivity index (χ1) is 8.49. The molecule has 0 atom stereocenters. The van der Waals surface area contributed by atoms with Crippen LogP contribution in [0.15, 0.2) is 30.3 Å². The molecule has 1 amide bonds. The lowest BCUT2D eigenvalue weighted by molar-refractivity contribution is -0.148. The number of hydrogen-bond donors (Lipinski definition) is 0. The number of rotatable bonds is 2. The molecule has 0 aromatic heterocycles. The van der Waals surface area contributed by atoms with E-state index in [0.29, 0.717) is 0 Å². The summed E-state index contributed by atoms with van der Waals surface area (Å²) in [7, 11) is 0. The molecule has 0 unspecified atom stereocenters. The summed E-state index contributed by atoms with van der Waals surface area (Å²) in [4.78, 5) is 24.3.